The van der Waals surface area contributed by atoms with Gasteiger partial charge in [0.15, 0.2) is 5.82 Å². The lowest BCUT2D eigenvalue weighted by Gasteiger charge is -2.38. The van der Waals surface area contributed by atoms with Crippen molar-refractivity contribution >= 4 is 17.2 Å². The van der Waals surface area contributed by atoms with Crippen molar-refractivity contribution in [3.05, 3.63) is 58.4 Å². The van der Waals surface area contributed by atoms with Crippen molar-refractivity contribution in [2.45, 2.75) is 33.7 Å². The molecule has 1 aliphatic rings. The molecule has 1 atom stereocenters. The molecule has 1 fully saturated rings. The summed E-state index contributed by atoms with van der Waals surface area (Å²) >= 11 is 1.67. The summed E-state index contributed by atoms with van der Waals surface area (Å²) < 4.78 is 0. The van der Waals surface area contributed by atoms with E-state index in [4.69, 9.17) is 4.98 Å². The number of anilines is 1. The van der Waals surface area contributed by atoms with E-state index in [0.29, 0.717) is 6.04 Å². The summed E-state index contributed by atoms with van der Waals surface area (Å²) in [7, 11) is 0. The summed E-state index contributed by atoms with van der Waals surface area (Å²) in [5.41, 5.74) is 3.40. The topological polar surface area (TPSA) is 45.2 Å². The Morgan fingerprint density at radius 1 is 0.929 bits per heavy atom. The van der Waals surface area contributed by atoms with Crippen molar-refractivity contribution in [1.82, 2.24) is 19.9 Å². The van der Waals surface area contributed by atoms with Crippen LogP contribution in [0.1, 0.15) is 34.9 Å². The fourth-order valence-electron chi connectivity index (χ4n) is 3.83. The maximum absolute atomic E-state index is 4.90. The van der Waals surface area contributed by atoms with Crippen LogP contribution in [0.2, 0.25) is 0 Å². The van der Waals surface area contributed by atoms with Gasteiger partial charge in [0.2, 0.25) is 0 Å². The average Bonchev–Trinajstić information content (AvgIpc) is 3.06. The number of rotatable bonds is 4. The minimum absolute atomic E-state index is 0.439. The second-order valence-electron chi connectivity index (χ2n) is 7.45. The monoisotopic (exact) mass is 393 g/mol. The number of piperazine rings is 1. The zero-order valence-corrected chi connectivity index (χ0v) is 17.8. The highest BCUT2D eigenvalue weighted by Gasteiger charge is 2.23. The summed E-state index contributed by atoms with van der Waals surface area (Å²) in [6, 6.07) is 13.3. The molecule has 0 N–H and O–H groups in total. The Balaban J connectivity index is 1.50. The van der Waals surface area contributed by atoms with E-state index in [0.717, 1.165) is 59.1 Å². The van der Waals surface area contributed by atoms with Crippen molar-refractivity contribution in [3.8, 4) is 10.7 Å². The molecule has 3 aromatic rings. The largest absolute Gasteiger partial charge is 0.354 e. The molecule has 28 heavy (non-hydrogen) atoms. The van der Waals surface area contributed by atoms with Crippen LogP contribution in [-0.2, 0) is 0 Å². The fourth-order valence-corrected chi connectivity index (χ4v) is 4.69. The number of thiazole rings is 1. The zero-order valence-electron chi connectivity index (χ0n) is 17.0. The Hall–Kier alpha value is -2.31. The summed E-state index contributed by atoms with van der Waals surface area (Å²) in [4.78, 5) is 20.1. The Labute approximate surface area is 171 Å². The first-order chi connectivity index (χ1) is 13.5. The van der Waals surface area contributed by atoms with E-state index in [1.54, 1.807) is 11.3 Å². The van der Waals surface area contributed by atoms with Gasteiger partial charge in [-0.3, -0.25) is 4.90 Å². The molecule has 1 aliphatic heterocycles. The quantitative estimate of drug-likeness (QED) is 0.657. The Kier molecular flexibility index (Phi) is 5.42. The van der Waals surface area contributed by atoms with Gasteiger partial charge in [0.1, 0.15) is 5.82 Å². The van der Waals surface area contributed by atoms with Crippen molar-refractivity contribution in [1.29, 1.82) is 0 Å². The first-order valence-electron chi connectivity index (χ1n) is 9.85. The molecule has 0 saturated carbocycles. The van der Waals surface area contributed by atoms with E-state index in [-0.39, 0.29) is 0 Å². The molecule has 0 spiro atoms. The molecule has 0 radical (unpaired) electrons. The lowest BCUT2D eigenvalue weighted by Crippen LogP contribution is -2.47. The minimum Gasteiger partial charge on any atom is -0.354 e. The molecule has 0 bridgehead atoms. The number of hydrogen-bond donors (Lipinski definition) is 0. The third-order valence-electron chi connectivity index (χ3n) is 5.42. The third kappa shape index (κ3) is 3.93. The number of aryl methyl sites for hydroxylation is 3. The molecule has 146 valence electrons. The highest BCUT2D eigenvalue weighted by Crippen LogP contribution is 2.29. The van der Waals surface area contributed by atoms with Crippen molar-refractivity contribution < 1.29 is 0 Å². The lowest BCUT2D eigenvalue weighted by atomic mass is 10.1. The number of hydrogen-bond acceptors (Lipinski definition) is 6. The van der Waals surface area contributed by atoms with E-state index in [9.17, 15) is 0 Å². The van der Waals surface area contributed by atoms with Gasteiger partial charge in [0, 0.05) is 44.0 Å². The predicted octanol–water partition coefficient (Wildman–Crippen LogP) is 4.41. The SMILES string of the molecule is Cc1cc(N2CCN(C(C)c3ccccc3)CC2)nc(-c2sc(C)nc2C)n1. The third-order valence-corrected chi connectivity index (χ3v) is 6.48. The van der Waals surface area contributed by atoms with Crippen LogP contribution in [0.5, 0.6) is 0 Å². The van der Waals surface area contributed by atoms with Crippen LogP contribution in [0.3, 0.4) is 0 Å². The second-order valence-corrected chi connectivity index (χ2v) is 8.65. The number of benzene rings is 1. The lowest BCUT2D eigenvalue weighted by molar-refractivity contribution is 0.198. The van der Waals surface area contributed by atoms with E-state index in [2.05, 4.69) is 63.1 Å². The second kappa shape index (κ2) is 7.97. The molecule has 1 saturated heterocycles. The molecule has 4 rings (SSSR count). The average molecular weight is 394 g/mol. The maximum Gasteiger partial charge on any atom is 0.173 e. The maximum atomic E-state index is 4.90. The van der Waals surface area contributed by atoms with Crippen LogP contribution in [0, 0.1) is 20.8 Å². The Morgan fingerprint density at radius 2 is 1.64 bits per heavy atom. The molecule has 1 unspecified atom stereocenters. The summed E-state index contributed by atoms with van der Waals surface area (Å²) in [6.07, 6.45) is 0. The van der Waals surface area contributed by atoms with Gasteiger partial charge < -0.3 is 4.90 Å². The normalized spacial score (nSPS) is 16.4. The highest BCUT2D eigenvalue weighted by molar-refractivity contribution is 7.15. The first kappa shape index (κ1) is 19.0. The summed E-state index contributed by atoms with van der Waals surface area (Å²) in [5.74, 6) is 1.83. The molecule has 0 amide bonds. The fraction of sp³-hybridized carbons (Fsp3) is 0.409. The van der Waals surface area contributed by atoms with E-state index < -0.39 is 0 Å². The molecule has 0 aliphatic carbocycles. The minimum atomic E-state index is 0.439. The Bertz CT molecular complexity index is 945. The smallest absolute Gasteiger partial charge is 0.173 e. The van der Waals surface area contributed by atoms with Gasteiger partial charge in [-0.15, -0.1) is 11.3 Å². The van der Waals surface area contributed by atoms with Crippen LogP contribution in [0.25, 0.3) is 10.7 Å². The predicted molar refractivity (Wildman–Crippen MR) is 116 cm³/mol. The molecular formula is C22H27N5S. The number of nitrogens with zero attached hydrogens (tertiary/aromatic N) is 5. The molecule has 1 aromatic carbocycles. The standard InChI is InChI=1S/C22H27N5S/c1-15-14-20(25-22(23-15)21-16(2)24-18(4)28-21)27-12-10-26(11-13-27)17(3)19-8-6-5-7-9-19/h5-9,14,17H,10-13H2,1-4H3. The van der Waals surface area contributed by atoms with Gasteiger partial charge in [0.25, 0.3) is 0 Å². The van der Waals surface area contributed by atoms with Crippen LogP contribution in [0.4, 0.5) is 5.82 Å². The van der Waals surface area contributed by atoms with E-state index in [1.165, 1.54) is 5.56 Å². The molecular weight excluding hydrogens is 366 g/mol. The molecule has 5 nitrogen and oxygen atoms in total. The summed E-state index contributed by atoms with van der Waals surface area (Å²) in [6.45, 7) is 12.4. The zero-order chi connectivity index (χ0) is 19.7. The van der Waals surface area contributed by atoms with E-state index in [1.807, 2.05) is 20.8 Å². The molecule has 6 heteroatoms. The van der Waals surface area contributed by atoms with E-state index >= 15 is 0 Å². The Morgan fingerprint density at radius 3 is 2.29 bits per heavy atom. The van der Waals surface area contributed by atoms with Crippen LogP contribution >= 0.6 is 11.3 Å². The van der Waals surface area contributed by atoms with Crippen LogP contribution in [-0.4, -0.2) is 46.0 Å². The van der Waals surface area contributed by atoms with Crippen molar-refractivity contribution in [2.75, 3.05) is 31.1 Å². The summed E-state index contributed by atoms with van der Waals surface area (Å²) in [5, 5.41) is 1.06. The number of aromatic nitrogens is 3. The van der Waals surface area contributed by atoms with Gasteiger partial charge in [-0.1, -0.05) is 30.3 Å². The highest BCUT2D eigenvalue weighted by atomic mass is 32.1. The van der Waals surface area contributed by atoms with Crippen LogP contribution < -0.4 is 4.90 Å². The van der Waals surface area contributed by atoms with Gasteiger partial charge >= 0.3 is 0 Å². The first-order valence-corrected chi connectivity index (χ1v) is 10.7. The van der Waals surface area contributed by atoms with Gasteiger partial charge in [-0.05, 0) is 33.3 Å². The van der Waals surface area contributed by atoms with Gasteiger partial charge in [-0.25, -0.2) is 15.0 Å². The van der Waals surface area contributed by atoms with Crippen molar-refractivity contribution in [2.24, 2.45) is 0 Å². The van der Waals surface area contributed by atoms with Crippen molar-refractivity contribution in [3.63, 3.8) is 0 Å². The van der Waals surface area contributed by atoms with Crippen LogP contribution in [0.15, 0.2) is 36.4 Å². The molecule has 3 heterocycles. The molecule has 2 aromatic heterocycles. The van der Waals surface area contributed by atoms with Gasteiger partial charge in [-0.2, -0.15) is 0 Å². The van der Waals surface area contributed by atoms with Gasteiger partial charge in [0.05, 0.1) is 15.6 Å².